The molecule has 0 saturated carbocycles. The van der Waals surface area contributed by atoms with Crippen LogP contribution in [0.2, 0.25) is 0 Å². The highest BCUT2D eigenvalue weighted by atomic mass is 15.1. The third kappa shape index (κ3) is 3.84. The zero-order valence-electron chi connectivity index (χ0n) is 12.0. The first-order valence-corrected chi connectivity index (χ1v) is 7.60. The summed E-state index contributed by atoms with van der Waals surface area (Å²) in [6.07, 6.45) is 6.75. The summed E-state index contributed by atoms with van der Waals surface area (Å²) < 4.78 is 0. The van der Waals surface area contributed by atoms with Crippen LogP contribution in [0, 0.1) is 0 Å². The van der Waals surface area contributed by atoms with Gasteiger partial charge in [0.05, 0.1) is 0 Å². The Morgan fingerprint density at radius 3 is 2.33 bits per heavy atom. The molecule has 1 aromatic carbocycles. The summed E-state index contributed by atoms with van der Waals surface area (Å²) in [4.78, 5) is 2.59. The van der Waals surface area contributed by atoms with Gasteiger partial charge in [-0.2, -0.15) is 0 Å². The molecule has 1 nitrogen and oxygen atoms in total. The molecule has 1 aliphatic rings. The van der Waals surface area contributed by atoms with Crippen LogP contribution in [0.1, 0.15) is 63.0 Å². The Morgan fingerprint density at radius 2 is 1.72 bits per heavy atom. The predicted octanol–water partition coefficient (Wildman–Crippen LogP) is 4.58. The van der Waals surface area contributed by atoms with Crippen molar-refractivity contribution in [2.45, 2.75) is 58.4 Å². The van der Waals surface area contributed by atoms with Crippen molar-refractivity contribution in [3.63, 3.8) is 0 Å². The van der Waals surface area contributed by atoms with Crippen LogP contribution in [-0.2, 0) is 6.54 Å². The van der Waals surface area contributed by atoms with Gasteiger partial charge in [-0.15, -0.1) is 0 Å². The van der Waals surface area contributed by atoms with E-state index in [9.17, 15) is 0 Å². The number of benzene rings is 1. The van der Waals surface area contributed by atoms with Gasteiger partial charge in [0, 0.05) is 6.54 Å². The van der Waals surface area contributed by atoms with Crippen LogP contribution >= 0.6 is 0 Å². The highest BCUT2D eigenvalue weighted by molar-refractivity contribution is 5.25. The molecular formula is C17H27N. The summed E-state index contributed by atoms with van der Waals surface area (Å²) in [5.74, 6) is 0.707. The molecule has 0 radical (unpaired) electrons. The monoisotopic (exact) mass is 245 g/mol. The van der Waals surface area contributed by atoms with Crippen molar-refractivity contribution in [2.75, 3.05) is 13.1 Å². The van der Waals surface area contributed by atoms with Gasteiger partial charge in [-0.05, 0) is 49.4 Å². The fourth-order valence-corrected chi connectivity index (χ4v) is 2.93. The number of hydrogen-bond donors (Lipinski definition) is 0. The van der Waals surface area contributed by atoms with Gasteiger partial charge >= 0.3 is 0 Å². The average molecular weight is 245 g/mol. The van der Waals surface area contributed by atoms with E-state index in [2.05, 4.69) is 43.0 Å². The molecular weight excluding hydrogens is 218 g/mol. The van der Waals surface area contributed by atoms with E-state index < -0.39 is 0 Å². The third-order valence-corrected chi connectivity index (χ3v) is 4.13. The maximum atomic E-state index is 2.59. The van der Waals surface area contributed by atoms with Crippen molar-refractivity contribution in [3.8, 4) is 0 Å². The summed E-state index contributed by atoms with van der Waals surface area (Å²) in [7, 11) is 0. The number of likely N-dealkylation sites (tertiary alicyclic amines) is 1. The molecule has 0 amide bonds. The fourth-order valence-electron chi connectivity index (χ4n) is 2.93. The lowest BCUT2D eigenvalue weighted by Gasteiger charge is -2.26. The smallest absolute Gasteiger partial charge is 0.0233 e. The van der Waals surface area contributed by atoms with Crippen LogP contribution in [0.3, 0.4) is 0 Å². The standard InChI is InChI=1S/C17H27N/c1-3-7-15(2)17-10-8-16(9-11-17)14-18-12-5-4-6-13-18/h8-11,15H,3-7,12-14H2,1-2H3. The zero-order valence-corrected chi connectivity index (χ0v) is 12.0. The van der Waals surface area contributed by atoms with E-state index in [-0.39, 0.29) is 0 Å². The minimum atomic E-state index is 0.707. The molecule has 100 valence electrons. The van der Waals surface area contributed by atoms with Gasteiger partial charge in [0.1, 0.15) is 0 Å². The molecule has 0 N–H and O–H groups in total. The Morgan fingerprint density at radius 1 is 1.06 bits per heavy atom. The lowest BCUT2D eigenvalue weighted by Crippen LogP contribution is -2.29. The molecule has 0 aromatic heterocycles. The molecule has 2 rings (SSSR count). The van der Waals surface area contributed by atoms with Crippen LogP contribution in [0.5, 0.6) is 0 Å². The Balaban J connectivity index is 1.90. The van der Waals surface area contributed by atoms with Gasteiger partial charge in [0.2, 0.25) is 0 Å². The largest absolute Gasteiger partial charge is 0.299 e. The molecule has 1 atom stereocenters. The second-order valence-corrected chi connectivity index (χ2v) is 5.77. The van der Waals surface area contributed by atoms with E-state index >= 15 is 0 Å². The second kappa shape index (κ2) is 6.94. The van der Waals surface area contributed by atoms with Gasteiger partial charge in [-0.1, -0.05) is 51.0 Å². The van der Waals surface area contributed by atoms with Gasteiger partial charge in [0.25, 0.3) is 0 Å². The predicted molar refractivity (Wildman–Crippen MR) is 78.9 cm³/mol. The lowest BCUT2D eigenvalue weighted by atomic mass is 9.95. The first-order valence-electron chi connectivity index (χ1n) is 7.60. The second-order valence-electron chi connectivity index (χ2n) is 5.77. The molecule has 1 aliphatic heterocycles. The maximum absolute atomic E-state index is 2.59. The molecule has 1 heterocycles. The number of piperidine rings is 1. The minimum Gasteiger partial charge on any atom is -0.299 e. The Hall–Kier alpha value is -0.820. The number of nitrogens with zero attached hydrogens (tertiary/aromatic N) is 1. The normalized spacial score (nSPS) is 18.8. The van der Waals surface area contributed by atoms with E-state index in [0.717, 1.165) is 6.54 Å². The van der Waals surface area contributed by atoms with Crippen molar-refractivity contribution in [1.29, 1.82) is 0 Å². The van der Waals surface area contributed by atoms with E-state index in [1.54, 1.807) is 0 Å². The van der Waals surface area contributed by atoms with E-state index in [1.807, 2.05) is 0 Å². The van der Waals surface area contributed by atoms with Crippen molar-refractivity contribution >= 4 is 0 Å². The van der Waals surface area contributed by atoms with Gasteiger partial charge in [0.15, 0.2) is 0 Å². The van der Waals surface area contributed by atoms with Crippen LogP contribution in [-0.4, -0.2) is 18.0 Å². The van der Waals surface area contributed by atoms with E-state index in [1.165, 1.54) is 56.3 Å². The highest BCUT2D eigenvalue weighted by Crippen LogP contribution is 2.21. The van der Waals surface area contributed by atoms with Crippen LogP contribution in [0.15, 0.2) is 24.3 Å². The van der Waals surface area contributed by atoms with E-state index in [0.29, 0.717) is 5.92 Å². The quantitative estimate of drug-likeness (QED) is 0.734. The molecule has 1 heteroatoms. The highest BCUT2D eigenvalue weighted by Gasteiger charge is 2.10. The zero-order chi connectivity index (χ0) is 12.8. The molecule has 1 aromatic rings. The maximum Gasteiger partial charge on any atom is 0.0233 e. The van der Waals surface area contributed by atoms with Crippen LogP contribution in [0.25, 0.3) is 0 Å². The van der Waals surface area contributed by atoms with Crippen LogP contribution in [0.4, 0.5) is 0 Å². The molecule has 0 bridgehead atoms. The molecule has 1 unspecified atom stereocenters. The Bertz CT molecular complexity index is 335. The van der Waals surface area contributed by atoms with Gasteiger partial charge in [-0.3, -0.25) is 4.90 Å². The molecule has 18 heavy (non-hydrogen) atoms. The topological polar surface area (TPSA) is 3.24 Å². The first kappa shape index (κ1) is 13.6. The SMILES string of the molecule is CCCC(C)c1ccc(CN2CCCCC2)cc1. The molecule has 1 fully saturated rings. The van der Waals surface area contributed by atoms with Crippen molar-refractivity contribution in [2.24, 2.45) is 0 Å². The molecule has 0 aliphatic carbocycles. The number of hydrogen-bond acceptors (Lipinski definition) is 1. The van der Waals surface area contributed by atoms with Crippen LogP contribution < -0.4 is 0 Å². The van der Waals surface area contributed by atoms with Crippen molar-refractivity contribution < 1.29 is 0 Å². The minimum absolute atomic E-state index is 0.707. The van der Waals surface area contributed by atoms with Gasteiger partial charge in [-0.25, -0.2) is 0 Å². The third-order valence-electron chi connectivity index (χ3n) is 4.13. The van der Waals surface area contributed by atoms with Crippen molar-refractivity contribution in [3.05, 3.63) is 35.4 Å². The Labute approximate surface area is 112 Å². The van der Waals surface area contributed by atoms with Crippen molar-refractivity contribution in [1.82, 2.24) is 4.90 Å². The van der Waals surface area contributed by atoms with Gasteiger partial charge < -0.3 is 0 Å². The summed E-state index contributed by atoms with van der Waals surface area (Å²) in [6.45, 7) is 8.31. The summed E-state index contributed by atoms with van der Waals surface area (Å²) in [5.41, 5.74) is 2.98. The molecule has 0 spiro atoms. The summed E-state index contributed by atoms with van der Waals surface area (Å²) in [6, 6.07) is 9.32. The number of rotatable bonds is 5. The average Bonchev–Trinajstić information content (AvgIpc) is 2.41. The van der Waals surface area contributed by atoms with E-state index in [4.69, 9.17) is 0 Å². The summed E-state index contributed by atoms with van der Waals surface area (Å²) in [5, 5.41) is 0. The fraction of sp³-hybridized carbons (Fsp3) is 0.647. The molecule has 1 saturated heterocycles. The Kier molecular flexibility index (Phi) is 5.25. The lowest BCUT2D eigenvalue weighted by molar-refractivity contribution is 0.221. The summed E-state index contributed by atoms with van der Waals surface area (Å²) >= 11 is 0. The first-order chi connectivity index (χ1) is 8.79.